The summed E-state index contributed by atoms with van der Waals surface area (Å²) in [5, 5.41) is -0.420. The molecule has 2 atom stereocenters. The van der Waals surface area contributed by atoms with Crippen LogP contribution in [-0.4, -0.2) is 16.9 Å². The molecule has 0 N–H and O–H groups in total. The molecule has 76 valence electrons. The maximum absolute atomic E-state index is 11.2. The van der Waals surface area contributed by atoms with Gasteiger partial charge in [-0.15, -0.1) is 11.6 Å². The standard InChI is InChI=1S/C10H17ClO2/c1-3-5-6-10(4-2)7-8(11)9(12)13-10/h8H,3-7H2,1-2H3. The maximum Gasteiger partial charge on any atom is 0.324 e. The molecule has 1 fully saturated rings. The first-order valence-corrected chi connectivity index (χ1v) is 5.44. The molecule has 0 aliphatic carbocycles. The van der Waals surface area contributed by atoms with Gasteiger partial charge in [-0.2, -0.15) is 0 Å². The Bertz CT molecular complexity index is 193. The minimum Gasteiger partial charge on any atom is -0.458 e. The molecule has 1 aliphatic rings. The number of hydrogen-bond donors (Lipinski definition) is 0. The van der Waals surface area contributed by atoms with Crippen molar-refractivity contribution in [1.29, 1.82) is 0 Å². The molecule has 1 heterocycles. The Hall–Kier alpha value is -0.240. The largest absolute Gasteiger partial charge is 0.458 e. The fourth-order valence-electron chi connectivity index (χ4n) is 1.77. The smallest absolute Gasteiger partial charge is 0.324 e. The number of carbonyl (C=O) groups is 1. The van der Waals surface area contributed by atoms with Crippen LogP contribution in [0.1, 0.15) is 46.0 Å². The van der Waals surface area contributed by atoms with E-state index in [1.54, 1.807) is 0 Å². The molecule has 1 aliphatic heterocycles. The number of halogens is 1. The zero-order valence-corrected chi connectivity index (χ0v) is 9.06. The first-order valence-electron chi connectivity index (χ1n) is 5.00. The zero-order chi connectivity index (χ0) is 9.90. The quantitative estimate of drug-likeness (QED) is 0.520. The van der Waals surface area contributed by atoms with E-state index in [1.807, 2.05) is 0 Å². The van der Waals surface area contributed by atoms with Crippen molar-refractivity contribution in [2.75, 3.05) is 0 Å². The monoisotopic (exact) mass is 204 g/mol. The minimum atomic E-state index is -0.420. The van der Waals surface area contributed by atoms with Crippen LogP contribution in [0.15, 0.2) is 0 Å². The molecule has 0 spiro atoms. The predicted molar refractivity (Wildman–Crippen MR) is 52.9 cm³/mol. The summed E-state index contributed by atoms with van der Waals surface area (Å²) in [6, 6.07) is 0. The van der Waals surface area contributed by atoms with E-state index in [-0.39, 0.29) is 11.6 Å². The second kappa shape index (κ2) is 4.32. The van der Waals surface area contributed by atoms with E-state index in [2.05, 4.69) is 13.8 Å². The van der Waals surface area contributed by atoms with Crippen LogP contribution in [0.2, 0.25) is 0 Å². The molecule has 0 bridgehead atoms. The van der Waals surface area contributed by atoms with Gasteiger partial charge >= 0.3 is 5.97 Å². The van der Waals surface area contributed by atoms with E-state index in [0.29, 0.717) is 6.42 Å². The average molecular weight is 205 g/mol. The third-order valence-electron chi connectivity index (χ3n) is 2.75. The number of unbranched alkanes of at least 4 members (excludes halogenated alkanes) is 1. The summed E-state index contributed by atoms with van der Waals surface area (Å²) in [6.07, 6.45) is 4.75. The first kappa shape index (κ1) is 10.8. The highest BCUT2D eigenvalue weighted by Gasteiger charge is 2.43. The fraction of sp³-hybridized carbons (Fsp3) is 0.900. The first-order chi connectivity index (χ1) is 6.13. The molecule has 3 heteroatoms. The van der Waals surface area contributed by atoms with E-state index >= 15 is 0 Å². The van der Waals surface area contributed by atoms with Crippen molar-refractivity contribution in [2.45, 2.75) is 56.9 Å². The Morgan fingerprint density at radius 1 is 1.62 bits per heavy atom. The highest BCUT2D eigenvalue weighted by molar-refractivity contribution is 6.30. The summed E-state index contributed by atoms with van der Waals surface area (Å²) in [7, 11) is 0. The molecular formula is C10H17ClO2. The van der Waals surface area contributed by atoms with Crippen molar-refractivity contribution >= 4 is 17.6 Å². The Labute approximate surface area is 84.6 Å². The molecule has 0 saturated carbocycles. The van der Waals surface area contributed by atoms with Gasteiger partial charge in [-0.05, 0) is 19.3 Å². The van der Waals surface area contributed by atoms with Crippen molar-refractivity contribution in [3.8, 4) is 0 Å². The van der Waals surface area contributed by atoms with Crippen LogP contribution >= 0.6 is 11.6 Å². The lowest BCUT2D eigenvalue weighted by molar-refractivity contribution is -0.149. The number of hydrogen-bond acceptors (Lipinski definition) is 2. The van der Waals surface area contributed by atoms with E-state index in [9.17, 15) is 4.79 Å². The molecule has 2 unspecified atom stereocenters. The van der Waals surface area contributed by atoms with Crippen LogP contribution in [0.5, 0.6) is 0 Å². The Morgan fingerprint density at radius 2 is 2.31 bits per heavy atom. The van der Waals surface area contributed by atoms with Gasteiger partial charge < -0.3 is 4.74 Å². The topological polar surface area (TPSA) is 26.3 Å². The summed E-state index contributed by atoms with van der Waals surface area (Å²) in [4.78, 5) is 11.2. The second-order valence-corrected chi connectivity index (χ2v) is 4.26. The number of alkyl halides is 1. The van der Waals surface area contributed by atoms with Gasteiger partial charge in [0.15, 0.2) is 0 Å². The average Bonchev–Trinajstić information content (AvgIpc) is 2.40. The third-order valence-corrected chi connectivity index (χ3v) is 3.09. The molecule has 2 nitrogen and oxygen atoms in total. The van der Waals surface area contributed by atoms with E-state index in [0.717, 1.165) is 25.7 Å². The lowest BCUT2D eigenvalue weighted by Gasteiger charge is -2.25. The molecular weight excluding hydrogens is 188 g/mol. The molecule has 0 aromatic rings. The Kier molecular flexibility index (Phi) is 3.60. The number of cyclic esters (lactones) is 1. The minimum absolute atomic E-state index is 0.236. The lowest BCUT2D eigenvalue weighted by atomic mass is 9.91. The maximum atomic E-state index is 11.2. The summed E-state index contributed by atoms with van der Waals surface area (Å²) < 4.78 is 5.34. The molecule has 0 radical (unpaired) electrons. The molecule has 13 heavy (non-hydrogen) atoms. The second-order valence-electron chi connectivity index (χ2n) is 3.73. The van der Waals surface area contributed by atoms with E-state index < -0.39 is 5.38 Å². The van der Waals surface area contributed by atoms with Crippen LogP contribution in [0.3, 0.4) is 0 Å². The Balaban J connectivity index is 2.56. The van der Waals surface area contributed by atoms with Gasteiger partial charge in [0.1, 0.15) is 11.0 Å². The van der Waals surface area contributed by atoms with Crippen LogP contribution in [0, 0.1) is 0 Å². The van der Waals surface area contributed by atoms with Crippen molar-refractivity contribution in [1.82, 2.24) is 0 Å². The molecule has 0 aromatic heterocycles. The molecule has 0 aromatic carbocycles. The lowest BCUT2D eigenvalue weighted by Crippen LogP contribution is -2.27. The van der Waals surface area contributed by atoms with Crippen molar-refractivity contribution in [3.05, 3.63) is 0 Å². The van der Waals surface area contributed by atoms with Gasteiger partial charge in [0.05, 0.1) is 0 Å². The van der Waals surface area contributed by atoms with Crippen molar-refractivity contribution in [3.63, 3.8) is 0 Å². The number of ether oxygens (including phenoxy) is 1. The van der Waals surface area contributed by atoms with E-state index in [4.69, 9.17) is 16.3 Å². The van der Waals surface area contributed by atoms with Crippen molar-refractivity contribution in [2.24, 2.45) is 0 Å². The normalized spacial score (nSPS) is 33.5. The summed E-state index contributed by atoms with van der Waals surface area (Å²) in [5.41, 5.74) is -0.250. The number of esters is 1. The van der Waals surface area contributed by atoms with Gasteiger partial charge in [-0.3, -0.25) is 4.79 Å². The van der Waals surface area contributed by atoms with Crippen LogP contribution in [-0.2, 0) is 9.53 Å². The zero-order valence-electron chi connectivity index (χ0n) is 8.31. The third kappa shape index (κ3) is 2.37. The van der Waals surface area contributed by atoms with Crippen LogP contribution in [0.25, 0.3) is 0 Å². The van der Waals surface area contributed by atoms with Crippen molar-refractivity contribution < 1.29 is 9.53 Å². The Morgan fingerprint density at radius 3 is 2.69 bits per heavy atom. The fourth-order valence-corrected chi connectivity index (χ4v) is 2.10. The predicted octanol–water partition coefficient (Wildman–Crippen LogP) is 2.88. The van der Waals surface area contributed by atoms with Gasteiger partial charge in [-0.25, -0.2) is 0 Å². The highest BCUT2D eigenvalue weighted by Crippen LogP contribution is 2.36. The number of rotatable bonds is 4. The van der Waals surface area contributed by atoms with E-state index in [1.165, 1.54) is 0 Å². The molecule has 1 rings (SSSR count). The summed E-state index contributed by atoms with van der Waals surface area (Å²) >= 11 is 5.83. The molecule has 0 amide bonds. The number of carbonyl (C=O) groups excluding carboxylic acids is 1. The molecule has 1 saturated heterocycles. The van der Waals surface area contributed by atoms with Crippen LogP contribution < -0.4 is 0 Å². The summed E-state index contributed by atoms with van der Waals surface area (Å²) in [6.45, 7) is 4.19. The van der Waals surface area contributed by atoms with Gasteiger partial charge in [-0.1, -0.05) is 20.3 Å². The van der Waals surface area contributed by atoms with Gasteiger partial charge in [0, 0.05) is 6.42 Å². The SMILES string of the molecule is CCCCC1(CC)CC(Cl)C(=O)O1. The van der Waals surface area contributed by atoms with Crippen LogP contribution in [0.4, 0.5) is 0 Å². The summed E-state index contributed by atoms with van der Waals surface area (Å²) in [5.74, 6) is -0.236. The van der Waals surface area contributed by atoms with Gasteiger partial charge in [0.2, 0.25) is 0 Å². The highest BCUT2D eigenvalue weighted by atomic mass is 35.5. The van der Waals surface area contributed by atoms with Gasteiger partial charge in [0.25, 0.3) is 0 Å².